The molecule has 1 aliphatic rings. The first-order valence-corrected chi connectivity index (χ1v) is 8.82. The molecule has 1 aliphatic carbocycles. The van der Waals surface area contributed by atoms with Crippen LogP contribution >= 0.6 is 0 Å². The number of carbonyl (C=O) groups is 1. The van der Waals surface area contributed by atoms with Crippen molar-refractivity contribution in [3.05, 3.63) is 17.7 Å². The van der Waals surface area contributed by atoms with Crippen molar-refractivity contribution in [3.8, 4) is 17.2 Å². The highest BCUT2D eigenvalue weighted by Crippen LogP contribution is 2.42. The normalized spacial score (nSPS) is 15.3. The summed E-state index contributed by atoms with van der Waals surface area (Å²) in [5.74, 6) is 2.01. The molecule has 0 unspecified atom stereocenters. The van der Waals surface area contributed by atoms with Crippen molar-refractivity contribution in [2.45, 2.75) is 52.9 Å². The molecule has 0 spiro atoms. The van der Waals surface area contributed by atoms with Gasteiger partial charge in [-0.25, -0.2) is 0 Å². The Morgan fingerprint density at radius 2 is 1.52 bits per heavy atom. The minimum Gasteiger partial charge on any atom is -0.490 e. The molecule has 0 amide bonds. The van der Waals surface area contributed by atoms with Crippen LogP contribution in [0.2, 0.25) is 0 Å². The highest BCUT2D eigenvalue weighted by molar-refractivity contribution is 6.01. The third-order valence-corrected chi connectivity index (χ3v) is 4.19. The maximum atomic E-state index is 12.9. The average Bonchev–Trinajstić information content (AvgIpc) is 2.58. The van der Waals surface area contributed by atoms with E-state index in [4.69, 9.17) is 14.2 Å². The second-order valence-corrected chi connectivity index (χ2v) is 5.77. The van der Waals surface area contributed by atoms with Gasteiger partial charge in [-0.3, -0.25) is 4.79 Å². The third-order valence-electron chi connectivity index (χ3n) is 4.19. The summed E-state index contributed by atoms with van der Waals surface area (Å²) in [6.45, 7) is 7.29. The number of rotatable bonds is 8. The fourth-order valence-corrected chi connectivity index (χ4v) is 3.16. The first kappa shape index (κ1) is 17.6. The summed E-state index contributed by atoms with van der Waals surface area (Å²) >= 11 is 0. The van der Waals surface area contributed by atoms with E-state index in [0.29, 0.717) is 42.6 Å². The van der Waals surface area contributed by atoms with Gasteiger partial charge in [0.2, 0.25) is 5.75 Å². The topological polar surface area (TPSA) is 44.8 Å². The van der Waals surface area contributed by atoms with Gasteiger partial charge in [-0.15, -0.1) is 0 Å². The number of hydrogen-bond donors (Lipinski definition) is 0. The van der Waals surface area contributed by atoms with Crippen LogP contribution in [0.4, 0.5) is 0 Å². The van der Waals surface area contributed by atoms with E-state index in [2.05, 4.69) is 0 Å². The predicted octanol–water partition coefficient (Wildman–Crippen LogP) is 4.65. The molecule has 1 aromatic carbocycles. The summed E-state index contributed by atoms with van der Waals surface area (Å²) in [4.78, 5) is 12.9. The Kier molecular flexibility index (Phi) is 6.75. The van der Waals surface area contributed by atoms with Crippen LogP contribution in [0.15, 0.2) is 12.1 Å². The van der Waals surface area contributed by atoms with Crippen molar-refractivity contribution in [2.24, 2.45) is 5.92 Å². The highest BCUT2D eigenvalue weighted by atomic mass is 16.5. The first-order chi connectivity index (χ1) is 11.2. The van der Waals surface area contributed by atoms with Crippen LogP contribution in [0.5, 0.6) is 17.2 Å². The molecule has 1 aromatic rings. The summed E-state index contributed by atoms with van der Waals surface area (Å²) in [5.41, 5.74) is 0.630. The molecular weight excluding hydrogens is 292 g/mol. The molecule has 23 heavy (non-hydrogen) atoms. The molecule has 0 N–H and O–H groups in total. The van der Waals surface area contributed by atoms with Gasteiger partial charge >= 0.3 is 0 Å². The van der Waals surface area contributed by atoms with Crippen molar-refractivity contribution in [1.82, 2.24) is 0 Å². The summed E-state index contributed by atoms with van der Waals surface area (Å²) in [5, 5.41) is 0. The van der Waals surface area contributed by atoms with Crippen molar-refractivity contribution in [1.29, 1.82) is 0 Å². The molecule has 0 atom stereocenters. The molecule has 0 radical (unpaired) electrons. The van der Waals surface area contributed by atoms with Crippen LogP contribution < -0.4 is 14.2 Å². The van der Waals surface area contributed by atoms with Gasteiger partial charge in [0.15, 0.2) is 17.3 Å². The third kappa shape index (κ3) is 4.18. The van der Waals surface area contributed by atoms with E-state index in [1.807, 2.05) is 32.9 Å². The second-order valence-electron chi connectivity index (χ2n) is 5.77. The molecule has 0 aromatic heterocycles. The lowest BCUT2D eigenvalue weighted by Gasteiger charge is -2.23. The van der Waals surface area contributed by atoms with Gasteiger partial charge in [0.25, 0.3) is 0 Å². The highest BCUT2D eigenvalue weighted by Gasteiger charge is 2.28. The predicted molar refractivity (Wildman–Crippen MR) is 90.9 cm³/mol. The van der Waals surface area contributed by atoms with E-state index >= 15 is 0 Å². The molecule has 4 heteroatoms. The van der Waals surface area contributed by atoms with Crippen LogP contribution in [-0.2, 0) is 0 Å². The molecule has 0 aliphatic heterocycles. The lowest BCUT2D eigenvalue weighted by molar-refractivity contribution is 0.0884. The number of benzene rings is 1. The summed E-state index contributed by atoms with van der Waals surface area (Å²) in [6, 6.07) is 3.66. The number of hydrogen-bond acceptors (Lipinski definition) is 4. The number of ether oxygens (including phenoxy) is 3. The monoisotopic (exact) mass is 320 g/mol. The van der Waals surface area contributed by atoms with Gasteiger partial charge in [0.1, 0.15) is 0 Å². The quantitative estimate of drug-likeness (QED) is 0.654. The smallest absolute Gasteiger partial charge is 0.204 e. The Morgan fingerprint density at radius 3 is 2.13 bits per heavy atom. The summed E-state index contributed by atoms with van der Waals surface area (Å²) in [7, 11) is 0. The SMILES string of the molecule is CCOc1ccc(C(=O)C2CCCCC2)c(OCC)c1OCC. The van der Waals surface area contributed by atoms with Crippen molar-refractivity contribution < 1.29 is 19.0 Å². The zero-order valence-corrected chi connectivity index (χ0v) is 14.5. The number of Topliss-reactive ketones (excluding diaryl/α,β-unsaturated/α-hetero) is 1. The fourth-order valence-electron chi connectivity index (χ4n) is 3.16. The zero-order valence-electron chi connectivity index (χ0n) is 14.5. The number of carbonyl (C=O) groups excluding carboxylic acids is 1. The van der Waals surface area contributed by atoms with Crippen molar-refractivity contribution >= 4 is 5.78 Å². The summed E-state index contributed by atoms with van der Waals surface area (Å²) in [6.07, 6.45) is 5.45. The largest absolute Gasteiger partial charge is 0.490 e. The van der Waals surface area contributed by atoms with Gasteiger partial charge in [-0.2, -0.15) is 0 Å². The Hall–Kier alpha value is -1.71. The lowest BCUT2D eigenvalue weighted by atomic mass is 9.83. The van der Waals surface area contributed by atoms with E-state index in [0.717, 1.165) is 25.7 Å². The average molecular weight is 320 g/mol. The van der Waals surface area contributed by atoms with Crippen LogP contribution in [0, 0.1) is 5.92 Å². The second kappa shape index (κ2) is 8.80. The van der Waals surface area contributed by atoms with Gasteiger partial charge in [0, 0.05) is 5.92 Å². The molecule has 0 heterocycles. The van der Waals surface area contributed by atoms with Gasteiger partial charge in [-0.1, -0.05) is 19.3 Å². The number of ketones is 1. The van der Waals surface area contributed by atoms with E-state index in [1.54, 1.807) is 0 Å². The Morgan fingerprint density at radius 1 is 0.913 bits per heavy atom. The molecule has 4 nitrogen and oxygen atoms in total. The minimum absolute atomic E-state index is 0.107. The first-order valence-electron chi connectivity index (χ1n) is 8.82. The lowest BCUT2D eigenvalue weighted by Crippen LogP contribution is -2.19. The molecular formula is C19H28O4. The molecule has 1 fully saturated rings. The maximum Gasteiger partial charge on any atom is 0.204 e. The maximum absolute atomic E-state index is 12.9. The van der Waals surface area contributed by atoms with Crippen molar-refractivity contribution in [3.63, 3.8) is 0 Å². The van der Waals surface area contributed by atoms with E-state index < -0.39 is 0 Å². The van der Waals surface area contributed by atoms with Crippen LogP contribution in [0.3, 0.4) is 0 Å². The molecule has 0 saturated heterocycles. The van der Waals surface area contributed by atoms with Gasteiger partial charge in [0.05, 0.1) is 25.4 Å². The standard InChI is InChI=1S/C19H28O4/c1-4-21-16-13-12-15(17(20)14-10-8-7-9-11-14)18(22-5-2)19(16)23-6-3/h12-14H,4-11H2,1-3H3. The Labute approximate surface area is 139 Å². The zero-order chi connectivity index (χ0) is 16.7. The van der Waals surface area contributed by atoms with Crippen LogP contribution in [0.25, 0.3) is 0 Å². The summed E-state index contributed by atoms with van der Waals surface area (Å²) < 4.78 is 17.2. The van der Waals surface area contributed by atoms with Gasteiger partial charge in [-0.05, 0) is 45.7 Å². The van der Waals surface area contributed by atoms with E-state index in [1.165, 1.54) is 6.42 Å². The molecule has 128 valence electrons. The molecule has 0 bridgehead atoms. The van der Waals surface area contributed by atoms with E-state index in [-0.39, 0.29) is 11.7 Å². The minimum atomic E-state index is 0.107. The molecule has 2 rings (SSSR count). The Bertz CT molecular complexity index is 518. The fraction of sp³-hybridized carbons (Fsp3) is 0.632. The Balaban J connectivity index is 2.40. The van der Waals surface area contributed by atoms with Crippen molar-refractivity contribution in [2.75, 3.05) is 19.8 Å². The molecule has 1 saturated carbocycles. The van der Waals surface area contributed by atoms with Crippen LogP contribution in [0.1, 0.15) is 63.2 Å². The van der Waals surface area contributed by atoms with Gasteiger partial charge < -0.3 is 14.2 Å². The van der Waals surface area contributed by atoms with E-state index in [9.17, 15) is 4.79 Å². The van der Waals surface area contributed by atoms with Crippen LogP contribution in [-0.4, -0.2) is 25.6 Å².